The van der Waals surface area contributed by atoms with Crippen molar-refractivity contribution >= 4 is 22.9 Å². The summed E-state index contributed by atoms with van der Waals surface area (Å²) in [6.07, 6.45) is 1.05. The highest BCUT2D eigenvalue weighted by Crippen LogP contribution is 2.35. The molecular weight excluding hydrogens is 576 g/mol. The number of ether oxygens (including phenoxy) is 2. The van der Waals surface area contributed by atoms with Gasteiger partial charge in [0.1, 0.15) is 29.8 Å². The molecule has 13 heteroatoms. The number of aliphatic hydroxyl groups is 2. The predicted octanol–water partition coefficient (Wildman–Crippen LogP) is 1.30. The van der Waals surface area contributed by atoms with Gasteiger partial charge in [-0.25, -0.2) is 15.0 Å². The van der Waals surface area contributed by atoms with Crippen molar-refractivity contribution in [2.75, 3.05) is 25.9 Å². The molecule has 3 heterocycles. The van der Waals surface area contributed by atoms with Crippen LogP contribution >= 0.6 is 0 Å². The lowest BCUT2D eigenvalue weighted by atomic mass is 9.91. The monoisotopic (exact) mass is 618 g/mol. The number of anilines is 1. The Balaban J connectivity index is 1.18. The topological polar surface area (TPSA) is 196 Å². The van der Waals surface area contributed by atoms with Crippen LogP contribution in [-0.2, 0) is 22.5 Å². The van der Waals surface area contributed by atoms with Crippen molar-refractivity contribution in [1.29, 1.82) is 0 Å². The molecule has 0 saturated carbocycles. The highest BCUT2D eigenvalue weighted by molar-refractivity contribution is 5.81. The van der Waals surface area contributed by atoms with Gasteiger partial charge in [-0.05, 0) is 61.4 Å². The van der Waals surface area contributed by atoms with Gasteiger partial charge in [0, 0.05) is 13.1 Å². The lowest BCUT2D eigenvalue weighted by molar-refractivity contribution is -0.122. The first kappa shape index (κ1) is 32.3. The molecule has 2 aromatic carbocycles. The van der Waals surface area contributed by atoms with Crippen molar-refractivity contribution in [2.24, 2.45) is 11.7 Å². The molecule has 0 spiro atoms. The highest BCUT2D eigenvalue weighted by Gasteiger charge is 2.45. The summed E-state index contributed by atoms with van der Waals surface area (Å²) >= 11 is 0. The van der Waals surface area contributed by atoms with Crippen LogP contribution in [0.15, 0.2) is 67.3 Å². The van der Waals surface area contributed by atoms with Crippen LogP contribution in [0.4, 0.5) is 5.82 Å². The van der Waals surface area contributed by atoms with E-state index < -0.39 is 30.6 Å². The second-order valence-corrected chi connectivity index (χ2v) is 11.4. The maximum Gasteiger partial charge on any atom is 0.236 e. The lowest BCUT2D eigenvalue weighted by Crippen LogP contribution is -2.42. The smallest absolute Gasteiger partial charge is 0.236 e. The SMILES string of the molecule is COc1ccc(CCNC(=O)C(N)CC[C@H](CNCc2ccccc2)C[C@H]2O[C@@H](n3cnc4c(N)ncnc43)C(O)C2O)cc1. The normalized spacial score (nSPS) is 21.1. The molecule has 0 bridgehead atoms. The number of benzene rings is 2. The Morgan fingerprint density at radius 1 is 1.04 bits per heavy atom. The summed E-state index contributed by atoms with van der Waals surface area (Å²) in [6.45, 7) is 1.74. The number of nitrogen functional groups attached to an aromatic ring is 1. The van der Waals surface area contributed by atoms with Crippen LogP contribution in [0.25, 0.3) is 11.2 Å². The van der Waals surface area contributed by atoms with Gasteiger partial charge in [-0.3, -0.25) is 9.36 Å². The molecule has 3 unspecified atom stereocenters. The van der Waals surface area contributed by atoms with Crippen LogP contribution in [0.1, 0.15) is 36.6 Å². The number of methoxy groups -OCH3 is 1. The predicted molar refractivity (Wildman–Crippen MR) is 169 cm³/mol. The third-order valence-electron chi connectivity index (χ3n) is 8.26. The number of amides is 1. The fraction of sp³-hybridized carbons (Fsp3) is 0.438. The number of fused-ring (bicyclic) bond motifs is 1. The number of rotatable bonds is 15. The van der Waals surface area contributed by atoms with Crippen LogP contribution in [0.3, 0.4) is 0 Å². The molecule has 8 N–H and O–H groups in total. The van der Waals surface area contributed by atoms with Crippen LogP contribution in [0.2, 0.25) is 0 Å². The number of carbonyl (C=O) groups is 1. The van der Waals surface area contributed by atoms with Crippen LogP contribution in [0, 0.1) is 5.92 Å². The van der Waals surface area contributed by atoms with Gasteiger partial charge in [-0.1, -0.05) is 42.5 Å². The Hall–Kier alpha value is -4.14. The molecule has 6 atom stereocenters. The molecule has 0 aliphatic carbocycles. The number of nitrogens with one attached hydrogen (secondary N) is 2. The molecule has 1 amide bonds. The number of hydrogen-bond donors (Lipinski definition) is 6. The van der Waals surface area contributed by atoms with Crippen molar-refractivity contribution in [2.45, 2.75) is 62.8 Å². The summed E-state index contributed by atoms with van der Waals surface area (Å²) in [6, 6.07) is 17.1. The first-order valence-corrected chi connectivity index (χ1v) is 15.2. The van der Waals surface area contributed by atoms with Crippen molar-refractivity contribution in [1.82, 2.24) is 30.2 Å². The van der Waals surface area contributed by atoms with E-state index in [-0.39, 0.29) is 17.6 Å². The molecule has 1 aliphatic heterocycles. The number of aliphatic hydroxyl groups excluding tert-OH is 2. The summed E-state index contributed by atoms with van der Waals surface area (Å²) in [5, 5.41) is 28.4. The standard InChI is InChI=1S/C32H42N8O5/c1-44-23-10-7-20(8-11-23)13-14-36-31(43)24(33)12-9-22(17-35-16-21-5-3-2-4-6-21)15-25-27(41)28(42)32(45-25)40-19-39-26-29(34)37-18-38-30(26)40/h2-8,10-11,18-19,22,24-25,27-28,32,35,41-42H,9,12-17,33H2,1H3,(H,36,43)(H2,34,37,38)/t22-,24?,25+,27?,28?,32+/m0/s1. The quantitative estimate of drug-likeness (QED) is 0.112. The molecule has 45 heavy (non-hydrogen) atoms. The van der Waals surface area contributed by atoms with E-state index in [0.717, 1.165) is 16.9 Å². The second kappa shape index (κ2) is 15.2. The minimum atomic E-state index is -1.21. The summed E-state index contributed by atoms with van der Waals surface area (Å²) in [4.78, 5) is 25.3. The molecule has 4 aromatic rings. The third-order valence-corrected chi connectivity index (χ3v) is 8.26. The van der Waals surface area contributed by atoms with E-state index in [1.807, 2.05) is 54.6 Å². The number of nitrogens with two attached hydrogens (primary N) is 2. The van der Waals surface area contributed by atoms with Crippen molar-refractivity contribution < 1.29 is 24.5 Å². The van der Waals surface area contributed by atoms with Gasteiger partial charge in [0.05, 0.1) is 25.6 Å². The van der Waals surface area contributed by atoms with Gasteiger partial charge in [0.2, 0.25) is 5.91 Å². The Bertz CT molecular complexity index is 1520. The molecule has 13 nitrogen and oxygen atoms in total. The average Bonchev–Trinajstić information content (AvgIpc) is 3.61. The minimum absolute atomic E-state index is 0.00466. The van der Waals surface area contributed by atoms with Crippen LogP contribution in [-0.4, -0.2) is 80.2 Å². The number of nitrogens with zero attached hydrogens (tertiary/aromatic N) is 4. The Kier molecular flexibility index (Phi) is 10.9. The summed E-state index contributed by atoms with van der Waals surface area (Å²) in [7, 11) is 1.62. The zero-order valence-electron chi connectivity index (χ0n) is 25.3. The van der Waals surface area contributed by atoms with E-state index >= 15 is 0 Å². The van der Waals surface area contributed by atoms with Crippen LogP contribution in [0.5, 0.6) is 5.75 Å². The van der Waals surface area contributed by atoms with Gasteiger partial charge < -0.3 is 41.8 Å². The fourth-order valence-corrected chi connectivity index (χ4v) is 5.66. The second-order valence-electron chi connectivity index (χ2n) is 11.4. The number of aromatic nitrogens is 4. The molecule has 1 saturated heterocycles. The molecule has 1 aliphatic rings. The van der Waals surface area contributed by atoms with E-state index in [0.29, 0.717) is 56.5 Å². The Labute approximate surface area is 262 Å². The molecular formula is C32H42N8O5. The van der Waals surface area contributed by atoms with Crippen molar-refractivity contribution in [3.8, 4) is 5.75 Å². The van der Waals surface area contributed by atoms with Gasteiger partial charge >= 0.3 is 0 Å². The molecule has 240 valence electrons. The molecule has 2 aromatic heterocycles. The Morgan fingerprint density at radius 3 is 2.58 bits per heavy atom. The number of imidazole rings is 1. The van der Waals surface area contributed by atoms with E-state index in [4.69, 9.17) is 20.9 Å². The Morgan fingerprint density at radius 2 is 1.82 bits per heavy atom. The summed E-state index contributed by atoms with van der Waals surface area (Å²) < 4.78 is 13.0. The third kappa shape index (κ3) is 8.12. The maximum atomic E-state index is 12.8. The maximum absolute atomic E-state index is 12.8. The van der Waals surface area contributed by atoms with Gasteiger partial charge in [0.25, 0.3) is 0 Å². The van der Waals surface area contributed by atoms with Crippen molar-refractivity contribution in [3.05, 3.63) is 78.4 Å². The number of carbonyl (C=O) groups excluding carboxylic acids is 1. The zero-order valence-corrected chi connectivity index (χ0v) is 25.3. The highest BCUT2D eigenvalue weighted by atomic mass is 16.6. The van der Waals surface area contributed by atoms with E-state index in [1.54, 1.807) is 11.7 Å². The van der Waals surface area contributed by atoms with Gasteiger partial charge in [-0.15, -0.1) is 0 Å². The average molecular weight is 619 g/mol. The lowest BCUT2D eigenvalue weighted by Gasteiger charge is -2.24. The van der Waals surface area contributed by atoms with Gasteiger partial charge in [-0.2, -0.15) is 0 Å². The summed E-state index contributed by atoms with van der Waals surface area (Å²) in [5.74, 6) is 0.789. The van der Waals surface area contributed by atoms with E-state index in [2.05, 4.69) is 25.6 Å². The molecule has 0 radical (unpaired) electrons. The fourth-order valence-electron chi connectivity index (χ4n) is 5.66. The van der Waals surface area contributed by atoms with Gasteiger partial charge in [0.15, 0.2) is 17.7 Å². The minimum Gasteiger partial charge on any atom is -0.497 e. The number of hydrogen-bond acceptors (Lipinski definition) is 11. The first-order chi connectivity index (χ1) is 21.8. The van der Waals surface area contributed by atoms with Crippen LogP contribution < -0.4 is 26.8 Å². The molecule has 1 fully saturated rings. The van der Waals surface area contributed by atoms with E-state index in [1.165, 1.54) is 12.7 Å². The largest absolute Gasteiger partial charge is 0.497 e. The molecule has 5 rings (SSSR count). The summed E-state index contributed by atoms with van der Waals surface area (Å²) in [5.41, 5.74) is 15.3. The van der Waals surface area contributed by atoms with Crippen molar-refractivity contribution in [3.63, 3.8) is 0 Å². The zero-order chi connectivity index (χ0) is 31.8. The van der Waals surface area contributed by atoms with E-state index in [9.17, 15) is 15.0 Å². The first-order valence-electron chi connectivity index (χ1n) is 15.2.